The molecule has 1 aliphatic rings. The summed E-state index contributed by atoms with van der Waals surface area (Å²) in [6.07, 6.45) is -3.11. The quantitative estimate of drug-likeness (QED) is 0.148. The van der Waals surface area contributed by atoms with Gasteiger partial charge in [0.2, 0.25) is 0 Å². The highest BCUT2D eigenvalue weighted by atomic mass is 35.5. The van der Waals surface area contributed by atoms with Gasteiger partial charge in [0.05, 0.1) is 42.1 Å². The number of nitrogens with one attached hydrogen (secondary N) is 1. The van der Waals surface area contributed by atoms with E-state index in [0.29, 0.717) is 40.9 Å². The third kappa shape index (κ3) is 10.3. The summed E-state index contributed by atoms with van der Waals surface area (Å²) < 4.78 is 29.5. The predicted molar refractivity (Wildman–Crippen MR) is 149 cm³/mol. The number of rotatable bonds is 12. The lowest BCUT2D eigenvalue weighted by atomic mass is 10.0. The Morgan fingerprint density at radius 2 is 1.74 bits per heavy atom. The number of halogens is 2. The molecule has 7 N–H and O–H groups in total. The first kappa shape index (κ1) is 34.5. The van der Waals surface area contributed by atoms with Crippen LogP contribution in [0.5, 0.6) is 11.5 Å². The molecule has 4 atom stereocenters. The molecule has 3 rings (SSSR count). The number of carbonyl (C=O) groups is 3. The Morgan fingerprint density at radius 3 is 2.29 bits per heavy atom. The van der Waals surface area contributed by atoms with Crippen molar-refractivity contribution in [2.45, 2.75) is 37.2 Å². The molecule has 0 spiro atoms. The van der Waals surface area contributed by atoms with Gasteiger partial charge in [-0.25, -0.2) is 14.0 Å². The number of hydrogen-bond donors (Lipinski definition) is 6. The lowest BCUT2D eigenvalue weighted by Gasteiger charge is -2.38. The molecule has 1 heterocycles. The number of carboxylic acid groups (broad SMARTS) is 2. The predicted octanol–water partition coefficient (Wildman–Crippen LogP) is 1.24. The topological polar surface area (TPSA) is 201 Å². The molecule has 15 heteroatoms. The number of piperidine rings is 1. The molecular formula is C27H35ClFN3O10. The van der Waals surface area contributed by atoms with Crippen LogP contribution in [-0.4, -0.2) is 108 Å². The molecule has 42 heavy (non-hydrogen) atoms. The van der Waals surface area contributed by atoms with Crippen LogP contribution in [0.2, 0.25) is 5.02 Å². The van der Waals surface area contributed by atoms with Crippen LogP contribution in [0.15, 0.2) is 36.4 Å². The van der Waals surface area contributed by atoms with Gasteiger partial charge in [-0.05, 0) is 43.2 Å². The van der Waals surface area contributed by atoms with Crippen molar-refractivity contribution in [2.24, 2.45) is 0 Å². The first-order valence-electron chi connectivity index (χ1n) is 12.8. The molecule has 232 valence electrons. The van der Waals surface area contributed by atoms with Crippen LogP contribution in [0.1, 0.15) is 23.2 Å². The van der Waals surface area contributed by atoms with Gasteiger partial charge in [-0.3, -0.25) is 4.79 Å². The zero-order valence-corrected chi connectivity index (χ0v) is 23.8. The van der Waals surface area contributed by atoms with Gasteiger partial charge in [-0.15, -0.1) is 0 Å². The maximum absolute atomic E-state index is 12.9. The van der Waals surface area contributed by atoms with E-state index in [1.807, 2.05) is 0 Å². The van der Waals surface area contributed by atoms with Gasteiger partial charge >= 0.3 is 11.9 Å². The second-order valence-electron chi connectivity index (χ2n) is 9.24. The van der Waals surface area contributed by atoms with E-state index in [0.717, 1.165) is 25.9 Å². The molecule has 0 aromatic heterocycles. The summed E-state index contributed by atoms with van der Waals surface area (Å²) >= 11 is 6.09. The number of benzene rings is 2. The number of aliphatic hydroxyl groups excluding tert-OH is 2. The van der Waals surface area contributed by atoms with Crippen LogP contribution in [0.25, 0.3) is 0 Å². The van der Waals surface area contributed by atoms with Crippen LogP contribution in [-0.2, 0) is 14.3 Å². The number of anilines is 1. The maximum atomic E-state index is 12.9. The fraction of sp³-hybridized carbons (Fsp3) is 0.444. The molecule has 0 radical (unpaired) electrons. The standard InChI is InChI=1S/C23H29ClFN3O4.C4H6O6/c1-30-21-13-19(26)18(24)12-17(21)23(29)27-20-8-10-28(14-22(20)31-2)9-3-11-32-16-6-4-15(25)5-7-16;5-1(3(7)8)2(6)4(9)10/h4-7,12-13,20,22H,3,8-11,14,26H2,1-2H3,(H,27,29);1-2,5-6H,(H,7,8)(H,9,10). The second-order valence-corrected chi connectivity index (χ2v) is 9.65. The highest BCUT2D eigenvalue weighted by Gasteiger charge is 2.31. The third-order valence-electron chi connectivity index (χ3n) is 6.33. The monoisotopic (exact) mass is 615 g/mol. The Bertz CT molecular complexity index is 1190. The van der Waals surface area contributed by atoms with Gasteiger partial charge in [-0.1, -0.05) is 11.6 Å². The molecule has 13 nitrogen and oxygen atoms in total. The van der Waals surface area contributed by atoms with Gasteiger partial charge in [-0.2, -0.15) is 0 Å². The van der Waals surface area contributed by atoms with Crippen molar-refractivity contribution >= 4 is 35.1 Å². The van der Waals surface area contributed by atoms with E-state index >= 15 is 0 Å². The van der Waals surface area contributed by atoms with Crippen molar-refractivity contribution in [3.05, 3.63) is 52.8 Å². The number of nitrogens with zero attached hydrogens (tertiary/aromatic N) is 1. The molecule has 1 aliphatic heterocycles. The average molecular weight is 616 g/mol. The minimum absolute atomic E-state index is 0.139. The van der Waals surface area contributed by atoms with Crippen LogP contribution in [0.3, 0.4) is 0 Å². The van der Waals surface area contributed by atoms with E-state index in [9.17, 15) is 18.8 Å². The van der Waals surface area contributed by atoms with E-state index in [1.165, 1.54) is 25.3 Å². The summed E-state index contributed by atoms with van der Waals surface area (Å²) in [5.41, 5.74) is 6.49. The fourth-order valence-corrected chi connectivity index (χ4v) is 4.19. The number of nitrogens with two attached hydrogens (primary N) is 1. The number of carboxylic acids is 2. The minimum Gasteiger partial charge on any atom is -0.496 e. The molecule has 2 aromatic rings. The number of ether oxygens (including phenoxy) is 3. The van der Waals surface area contributed by atoms with Crippen molar-refractivity contribution in [3.63, 3.8) is 0 Å². The zero-order valence-electron chi connectivity index (χ0n) is 23.0. The largest absolute Gasteiger partial charge is 0.496 e. The van der Waals surface area contributed by atoms with E-state index < -0.39 is 24.1 Å². The zero-order chi connectivity index (χ0) is 31.4. The van der Waals surface area contributed by atoms with Crippen molar-refractivity contribution in [1.29, 1.82) is 0 Å². The van der Waals surface area contributed by atoms with Crippen molar-refractivity contribution in [2.75, 3.05) is 46.2 Å². The number of methoxy groups -OCH3 is 2. The highest BCUT2D eigenvalue weighted by molar-refractivity contribution is 6.33. The molecule has 1 fully saturated rings. The smallest absolute Gasteiger partial charge is 0.335 e. The Balaban J connectivity index is 0.000000528. The Labute approximate surface area is 246 Å². The Kier molecular flexibility index (Phi) is 13.7. The molecule has 4 unspecified atom stereocenters. The molecule has 1 saturated heterocycles. The molecule has 1 amide bonds. The molecule has 0 saturated carbocycles. The Morgan fingerprint density at radius 1 is 1.12 bits per heavy atom. The summed E-state index contributed by atoms with van der Waals surface area (Å²) in [6, 6.07) is 8.92. The van der Waals surface area contributed by atoms with Crippen molar-refractivity contribution < 1.29 is 53.4 Å². The number of hydrogen-bond acceptors (Lipinski definition) is 10. The van der Waals surface area contributed by atoms with Crippen molar-refractivity contribution in [1.82, 2.24) is 10.2 Å². The van der Waals surface area contributed by atoms with Crippen LogP contribution in [0.4, 0.5) is 10.1 Å². The number of nitrogen functional groups attached to an aromatic ring is 1. The summed E-state index contributed by atoms with van der Waals surface area (Å²) in [4.78, 5) is 34.7. The minimum atomic E-state index is -2.27. The van der Waals surface area contributed by atoms with Crippen LogP contribution < -0.4 is 20.5 Å². The second kappa shape index (κ2) is 16.7. The molecule has 0 aliphatic carbocycles. The van der Waals surface area contributed by atoms with Crippen LogP contribution >= 0.6 is 11.6 Å². The van der Waals surface area contributed by atoms with Gasteiger partial charge in [0.15, 0.2) is 12.2 Å². The van der Waals surface area contributed by atoms with Gasteiger partial charge in [0.25, 0.3) is 5.91 Å². The number of likely N-dealkylation sites (tertiary alicyclic amines) is 1. The maximum Gasteiger partial charge on any atom is 0.335 e. The van der Waals surface area contributed by atoms with E-state index in [-0.39, 0.29) is 23.9 Å². The lowest BCUT2D eigenvalue weighted by molar-refractivity contribution is -0.165. The summed E-state index contributed by atoms with van der Waals surface area (Å²) in [5, 5.41) is 35.9. The number of carbonyl (C=O) groups excluding carboxylic acids is 1. The van der Waals surface area contributed by atoms with E-state index in [2.05, 4.69) is 10.2 Å². The first-order valence-corrected chi connectivity index (χ1v) is 13.1. The van der Waals surface area contributed by atoms with Gasteiger partial charge in [0, 0.05) is 32.8 Å². The fourth-order valence-electron chi connectivity index (χ4n) is 4.03. The molecule has 0 bridgehead atoms. The van der Waals surface area contributed by atoms with Crippen molar-refractivity contribution in [3.8, 4) is 11.5 Å². The molecule has 2 aromatic carbocycles. The third-order valence-corrected chi connectivity index (χ3v) is 6.66. The highest BCUT2D eigenvalue weighted by Crippen LogP contribution is 2.29. The van der Waals surface area contributed by atoms with Gasteiger partial charge in [0.1, 0.15) is 17.3 Å². The average Bonchev–Trinajstić information content (AvgIpc) is 2.97. The van der Waals surface area contributed by atoms with E-state index in [1.54, 1.807) is 25.3 Å². The van der Waals surface area contributed by atoms with Gasteiger partial charge < -0.3 is 50.6 Å². The number of aliphatic carboxylic acids is 2. The lowest BCUT2D eigenvalue weighted by Crippen LogP contribution is -2.55. The Hall–Kier alpha value is -3.69. The first-order chi connectivity index (χ1) is 19.9. The summed E-state index contributed by atoms with van der Waals surface area (Å²) in [7, 11) is 3.13. The van der Waals surface area contributed by atoms with Crippen LogP contribution in [0, 0.1) is 5.82 Å². The normalized spacial score (nSPS) is 18.1. The van der Waals surface area contributed by atoms with E-state index in [4.69, 9.17) is 52.0 Å². The SMILES string of the molecule is COc1cc(N)c(Cl)cc1C(=O)NC1CCN(CCCOc2ccc(F)cc2)CC1OC.O=C(O)C(O)C(O)C(=O)O. The number of amides is 1. The summed E-state index contributed by atoms with van der Waals surface area (Å²) in [6.45, 7) is 2.89. The molecular weight excluding hydrogens is 581 g/mol. The summed E-state index contributed by atoms with van der Waals surface area (Å²) in [5.74, 6) is -3.07. The number of aliphatic hydroxyl groups is 2.